The topological polar surface area (TPSA) is 54.0 Å². The number of rotatable bonds is 3. The summed E-state index contributed by atoms with van der Waals surface area (Å²) in [6, 6.07) is 0. The molecule has 0 saturated carbocycles. The van der Waals surface area contributed by atoms with E-state index in [1.54, 1.807) is 14.2 Å². The van der Waals surface area contributed by atoms with Gasteiger partial charge in [-0.25, -0.2) is 4.79 Å². The van der Waals surface area contributed by atoms with Gasteiger partial charge in [-0.1, -0.05) is 0 Å². The van der Waals surface area contributed by atoms with Gasteiger partial charge in [0.2, 0.25) is 0 Å². The molecular weight excluding hydrogens is 164 g/mol. The molecule has 0 spiro atoms. The lowest BCUT2D eigenvalue weighted by Crippen LogP contribution is -1.97. The predicted octanol–water partition coefficient (Wildman–Crippen LogP) is 0.678. The predicted molar refractivity (Wildman–Crippen MR) is 43.2 cm³/mol. The van der Waals surface area contributed by atoms with Gasteiger partial charge in [0, 0.05) is 14.2 Å². The van der Waals surface area contributed by atoms with Gasteiger partial charge in [-0.3, -0.25) is 0 Å². The van der Waals surface area contributed by atoms with Crippen LogP contribution in [0.4, 0.5) is 4.79 Å². The van der Waals surface area contributed by atoms with E-state index in [4.69, 9.17) is 0 Å². The van der Waals surface area contributed by atoms with Crippen molar-refractivity contribution in [3.8, 4) is 0 Å². The lowest BCUT2D eigenvalue weighted by Gasteiger charge is -1.91. The molecule has 0 unspecified atom stereocenters. The first-order valence-electron chi connectivity index (χ1n) is 3.32. The van der Waals surface area contributed by atoms with Crippen molar-refractivity contribution in [3.05, 3.63) is 0 Å². The molecule has 5 heteroatoms. The summed E-state index contributed by atoms with van der Waals surface area (Å²) >= 11 is 0. The number of carbonyl (C=O) groups is 1. The fourth-order valence-electron chi connectivity index (χ4n) is 0.250. The van der Waals surface area contributed by atoms with Crippen LogP contribution in [0.5, 0.6) is 0 Å². The molecule has 0 atom stereocenters. The molecule has 12 heavy (non-hydrogen) atoms. The molecule has 0 aliphatic rings. The molecule has 0 aliphatic carbocycles. The Morgan fingerprint density at radius 1 is 0.917 bits per heavy atom. The standard InChI is InChI=1S/C4H10O2.C3H6O3/c1-5-3-4-6-2;1-5-3(4)6-2/h3-4H2,1-2H3;1-2H3. The Morgan fingerprint density at radius 3 is 1.33 bits per heavy atom. The molecule has 0 aromatic carbocycles. The number of carbonyl (C=O) groups excluding carboxylic acids is 1. The average molecular weight is 180 g/mol. The minimum atomic E-state index is -0.657. The van der Waals surface area contributed by atoms with Gasteiger partial charge in [-0.15, -0.1) is 0 Å². The van der Waals surface area contributed by atoms with Crippen LogP contribution in [0.15, 0.2) is 0 Å². The number of hydrogen-bond donors (Lipinski definition) is 0. The highest BCUT2D eigenvalue weighted by Crippen LogP contribution is 1.72. The summed E-state index contributed by atoms with van der Waals surface area (Å²) in [6.07, 6.45) is -0.657. The Balaban J connectivity index is 0. The SMILES string of the molecule is COC(=O)OC.COCCOC. The molecule has 0 N–H and O–H groups in total. The molecule has 0 amide bonds. The number of hydrogen-bond acceptors (Lipinski definition) is 5. The van der Waals surface area contributed by atoms with Crippen molar-refractivity contribution < 1.29 is 23.7 Å². The summed E-state index contributed by atoms with van der Waals surface area (Å²) in [5, 5.41) is 0. The first-order chi connectivity index (χ1) is 5.72. The molecule has 0 aromatic rings. The quantitative estimate of drug-likeness (QED) is 0.472. The lowest BCUT2D eigenvalue weighted by atomic mass is 10.8. The average Bonchev–Trinajstić information content (AvgIpc) is 2.14. The lowest BCUT2D eigenvalue weighted by molar-refractivity contribution is 0.0924. The van der Waals surface area contributed by atoms with Crippen LogP contribution in [0, 0.1) is 0 Å². The summed E-state index contributed by atoms with van der Waals surface area (Å²) < 4.78 is 17.4. The molecule has 0 aromatic heterocycles. The smallest absolute Gasteiger partial charge is 0.438 e. The van der Waals surface area contributed by atoms with Gasteiger partial charge in [-0.05, 0) is 0 Å². The van der Waals surface area contributed by atoms with Gasteiger partial charge in [-0.2, -0.15) is 0 Å². The van der Waals surface area contributed by atoms with Crippen molar-refractivity contribution in [2.24, 2.45) is 0 Å². The van der Waals surface area contributed by atoms with Crippen LogP contribution >= 0.6 is 0 Å². The summed E-state index contributed by atoms with van der Waals surface area (Å²) in [5.41, 5.74) is 0. The molecule has 0 rings (SSSR count). The third-order valence-corrected chi connectivity index (χ3v) is 0.825. The summed E-state index contributed by atoms with van der Waals surface area (Å²) in [6.45, 7) is 1.38. The minimum Gasteiger partial charge on any atom is -0.438 e. The normalized spacial score (nSPS) is 8.00. The van der Waals surface area contributed by atoms with Crippen molar-refractivity contribution in [2.45, 2.75) is 0 Å². The molecular formula is C7H16O5. The van der Waals surface area contributed by atoms with Crippen LogP contribution in [-0.2, 0) is 18.9 Å². The fourth-order valence-corrected chi connectivity index (χ4v) is 0.250. The van der Waals surface area contributed by atoms with Crippen molar-refractivity contribution in [1.29, 1.82) is 0 Å². The molecule has 0 saturated heterocycles. The van der Waals surface area contributed by atoms with E-state index in [0.717, 1.165) is 0 Å². The largest absolute Gasteiger partial charge is 0.507 e. The second kappa shape index (κ2) is 12.8. The van der Waals surface area contributed by atoms with Crippen LogP contribution < -0.4 is 0 Å². The summed E-state index contributed by atoms with van der Waals surface area (Å²) in [5.74, 6) is 0. The zero-order valence-corrected chi connectivity index (χ0v) is 7.96. The van der Waals surface area contributed by atoms with E-state index in [1.807, 2.05) is 0 Å². The van der Waals surface area contributed by atoms with Crippen molar-refractivity contribution in [3.63, 3.8) is 0 Å². The van der Waals surface area contributed by atoms with Crippen LogP contribution in [0.2, 0.25) is 0 Å². The Morgan fingerprint density at radius 2 is 1.25 bits per heavy atom. The van der Waals surface area contributed by atoms with Gasteiger partial charge >= 0.3 is 6.16 Å². The van der Waals surface area contributed by atoms with Gasteiger partial charge < -0.3 is 18.9 Å². The van der Waals surface area contributed by atoms with E-state index >= 15 is 0 Å². The molecule has 0 bridgehead atoms. The van der Waals surface area contributed by atoms with Crippen LogP contribution in [0.3, 0.4) is 0 Å². The molecule has 0 radical (unpaired) electrons. The van der Waals surface area contributed by atoms with Crippen molar-refractivity contribution in [1.82, 2.24) is 0 Å². The minimum absolute atomic E-state index is 0.657. The zero-order chi connectivity index (χ0) is 9.82. The third-order valence-electron chi connectivity index (χ3n) is 0.825. The second-order valence-electron chi connectivity index (χ2n) is 1.64. The Labute approximate surface area is 72.6 Å². The van der Waals surface area contributed by atoms with E-state index in [9.17, 15) is 4.79 Å². The first-order valence-corrected chi connectivity index (χ1v) is 3.32. The van der Waals surface area contributed by atoms with E-state index in [-0.39, 0.29) is 0 Å². The van der Waals surface area contributed by atoms with Crippen LogP contribution in [0.1, 0.15) is 0 Å². The van der Waals surface area contributed by atoms with Gasteiger partial charge in [0.25, 0.3) is 0 Å². The van der Waals surface area contributed by atoms with Gasteiger partial charge in [0.15, 0.2) is 0 Å². The maximum Gasteiger partial charge on any atom is 0.507 e. The molecule has 0 heterocycles. The van der Waals surface area contributed by atoms with Crippen molar-refractivity contribution in [2.75, 3.05) is 41.7 Å². The van der Waals surface area contributed by atoms with Gasteiger partial charge in [0.1, 0.15) is 0 Å². The zero-order valence-electron chi connectivity index (χ0n) is 7.96. The highest BCUT2D eigenvalue weighted by atomic mass is 16.7. The van der Waals surface area contributed by atoms with E-state index in [2.05, 4.69) is 18.9 Å². The van der Waals surface area contributed by atoms with Crippen LogP contribution in [0.25, 0.3) is 0 Å². The second-order valence-corrected chi connectivity index (χ2v) is 1.64. The Kier molecular flexibility index (Phi) is 14.7. The monoisotopic (exact) mass is 180 g/mol. The summed E-state index contributed by atoms with van der Waals surface area (Å²) in [7, 11) is 5.82. The molecule has 5 nitrogen and oxygen atoms in total. The van der Waals surface area contributed by atoms with E-state index < -0.39 is 6.16 Å². The molecule has 0 aliphatic heterocycles. The number of methoxy groups -OCH3 is 4. The maximum absolute atomic E-state index is 9.74. The summed E-state index contributed by atoms with van der Waals surface area (Å²) in [4.78, 5) is 9.74. The van der Waals surface area contributed by atoms with Crippen LogP contribution in [-0.4, -0.2) is 47.8 Å². The first kappa shape index (κ1) is 13.8. The highest BCUT2D eigenvalue weighted by Gasteiger charge is 1.88. The number of ether oxygens (including phenoxy) is 4. The van der Waals surface area contributed by atoms with Gasteiger partial charge in [0.05, 0.1) is 27.4 Å². The van der Waals surface area contributed by atoms with E-state index in [0.29, 0.717) is 13.2 Å². The van der Waals surface area contributed by atoms with Crippen molar-refractivity contribution >= 4 is 6.16 Å². The third kappa shape index (κ3) is 16.1. The molecule has 0 fully saturated rings. The maximum atomic E-state index is 9.74. The fraction of sp³-hybridized carbons (Fsp3) is 0.857. The van der Waals surface area contributed by atoms with E-state index in [1.165, 1.54) is 14.2 Å². The Bertz CT molecular complexity index is 83.8. The molecule has 74 valence electrons. The highest BCUT2D eigenvalue weighted by molar-refractivity contribution is 5.59. The Hall–Kier alpha value is -0.810.